The molecule has 0 amide bonds. The van der Waals surface area contributed by atoms with Gasteiger partial charge in [-0.25, -0.2) is 0 Å². The van der Waals surface area contributed by atoms with E-state index in [4.69, 9.17) is 10.2 Å². The number of aliphatic hydroxyl groups excluding tert-OH is 1. The molecule has 1 aromatic carbocycles. The average molecular weight is 318 g/mol. The van der Waals surface area contributed by atoms with Gasteiger partial charge in [0.1, 0.15) is 0 Å². The third-order valence-corrected chi connectivity index (χ3v) is 1.38. The summed E-state index contributed by atoms with van der Waals surface area (Å²) in [6.45, 7) is 1.95. The van der Waals surface area contributed by atoms with E-state index in [-0.39, 0.29) is 76.1 Å². The number of hydrogen-bond acceptors (Lipinski definition) is 2. The van der Waals surface area contributed by atoms with Gasteiger partial charge in [-0.15, -0.1) is 0 Å². The van der Waals surface area contributed by atoms with E-state index in [2.05, 4.69) is 0 Å². The van der Waals surface area contributed by atoms with Crippen LogP contribution in [0.15, 0.2) is 24.3 Å². The van der Waals surface area contributed by atoms with Crippen molar-refractivity contribution in [1.82, 2.24) is 0 Å². The molecule has 0 aliphatic carbocycles. The maximum absolute atomic E-state index is 8.67. The van der Waals surface area contributed by atoms with Crippen molar-refractivity contribution in [3.05, 3.63) is 35.4 Å². The van der Waals surface area contributed by atoms with Crippen LogP contribution in [0.5, 0.6) is 0 Å². The number of aliphatic hydroxyl groups is 2. The van der Waals surface area contributed by atoms with Crippen molar-refractivity contribution in [2.24, 2.45) is 0 Å². The first kappa shape index (κ1) is 29.8. The molecule has 0 saturated carbocycles. The maximum Gasteiger partial charge on any atom is 3.00 e. The molecular weight excluding hydrogens is 304 g/mol. The molecule has 0 aromatic heterocycles. The molecule has 2 radical (unpaired) electrons. The van der Waals surface area contributed by atoms with Gasteiger partial charge < -0.3 is 21.2 Å². The Kier molecular flexibility index (Phi) is 30.2. The molecule has 0 fully saturated rings. The van der Waals surface area contributed by atoms with Gasteiger partial charge in [0.05, 0.1) is 0 Å². The Hall–Kier alpha value is 1.20. The van der Waals surface area contributed by atoms with Gasteiger partial charge in [-0.3, -0.25) is 0 Å². The van der Waals surface area contributed by atoms with Gasteiger partial charge in [0.2, 0.25) is 0 Å². The molecule has 0 spiro atoms. The third-order valence-electron chi connectivity index (χ3n) is 1.38. The summed E-state index contributed by atoms with van der Waals surface area (Å²) in [4.78, 5) is 0. The van der Waals surface area contributed by atoms with Crippen molar-refractivity contribution in [3.8, 4) is 0 Å². The molecule has 6 N–H and O–H groups in total. The van der Waals surface area contributed by atoms with Crippen molar-refractivity contribution in [1.29, 1.82) is 0 Å². The zero-order chi connectivity index (χ0) is 7.56. The summed E-state index contributed by atoms with van der Waals surface area (Å²) < 4.78 is 0. The Bertz CT molecular complexity index is 216. The van der Waals surface area contributed by atoms with E-state index in [1.165, 1.54) is 0 Å². The van der Waals surface area contributed by atoms with Crippen LogP contribution in [-0.2, 0) is 65.2 Å². The fourth-order valence-corrected chi connectivity index (χ4v) is 0.739. The van der Waals surface area contributed by atoms with Crippen molar-refractivity contribution < 1.29 is 86.3 Å². The molecule has 15 heavy (non-hydrogen) atoms. The minimum Gasteiger partial charge on any atom is -0.412 e. The molecule has 0 saturated heterocycles. The molecular formula is C8H14O4Ti3+6. The van der Waals surface area contributed by atoms with Crippen LogP contribution < -0.4 is 0 Å². The van der Waals surface area contributed by atoms with Crippen molar-refractivity contribution in [3.63, 3.8) is 0 Å². The molecule has 0 bridgehead atoms. The summed E-state index contributed by atoms with van der Waals surface area (Å²) in [6, 6.07) is 7.07. The Morgan fingerprint density at radius 1 is 0.933 bits per heavy atom. The molecule has 76 valence electrons. The summed E-state index contributed by atoms with van der Waals surface area (Å²) in [6.07, 6.45) is -1.35. The number of hydrogen-bond donors (Lipinski definition) is 2. The molecule has 0 atom stereocenters. The molecule has 0 unspecified atom stereocenters. The number of benzene rings is 1. The first-order chi connectivity index (χ1) is 4.70. The number of aryl methyl sites for hydroxylation is 1. The zero-order valence-corrected chi connectivity index (χ0v) is 13.0. The Balaban J connectivity index is -0.0000000667. The third kappa shape index (κ3) is 11.5. The molecule has 7 heteroatoms. The Labute approximate surface area is 134 Å². The second-order valence-corrected chi connectivity index (χ2v) is 2.28. The topological polar surface area (TPSA) is 103 Å². The Morgan fingerprint density at radius 3 is 1.53 bits per heavy atom. The van der Waals surface area contributed by atoms with Gasteiger partial charge >= 0.3 is 43.4 Å². The van der Waals surface area contributed by atoms with Gasteiger partial charge in [-0.05, 0) is 6.92 Å². The van der Waals surface area contributed by atoms with Crippen LogP contribution in [0.3, 0.4) is 0 Å². The van der Waals surface area contributed by atoms with E-state index in [1.807, 2.05) is 19.1 Å². The van der Waals surface area contributed by atoms with Crippen LogP contribution in [0.2, 0.25) is 0 Å². The van der Waals surface area contributed by atoms with Crippen LogP contribution in [0, 0.1) is 6.92 Å². The summed E-state index contributed by atoms with van der Waals surface area (Å²) in [7, 11) is 0. The second kappa shape index (κ2) is 15.2. The molecule has 0 aliphatic rings. The minimum absolute atomic E-state index is 0. The van der Waals surface area contributed by atoms with E-state index in [0.29, 0.717) is 5.56 Å². The average Bonchev–Trinajstić information content (AvgIpc) is 1.88. The first-order valence-corrected chi connectivity index (χ1v) is 3.13. The van der Waals surface area contributed by atoms with Gasteiger partial charge in [0.15, 0.2) is 6.29 Å². The van der Waals surface area contributed by atoms with E-state index in [9.17, 15) is 0 Å². The quantitative estimate of drug-likeness (QED) is 0.529. The number of rotatable bonds is 1. The van der Waals surface area contributed by atoms with Crippen LogP contribution in [-0.4, -0.2) is 21.2 Å². The van der Waals surface area contributed by atoms with Gasteiger partial charge in [0.25, 0.3) is 0 Å². The van der Waals surface area contributed by atoms with Crippen molar-refractivity contribution >= 4 is 0 Å². The first-order valence-electron chi connectivity index (χ1n) is 3.13. The summed E-state index contributed by atoms with van der Waals surface area (Å²) >= 11 is 0. The zero-order valence-electron chi connectivity index (χ0n) is 8.28. The molecule has 4 nitrogen and oxygen atoms in total. The van der Waals surface area contributed by atoms with Crippen LogP contribution in [0.25, 0.3) is 0 Å². The normalized spacial score (nSPS) is 6.93. The Morgan fingerprint density at radius 2 is 1.27 bits per heavy atom. The van der Waals surface area contributed by atoms with Crippen LogP contribution >= 0.6 is 0 Å². The monoisotopic (exact) mass is 318 g/mol. The summed E-state index contributed by atoms with van der Waals surface area (Å²) in [5.74, 6) is 0. The van der Waals surface area contributed by atoms with E-state index in [1.54, 1.807) is 12.1 Å². The second-order valence-electron chi connectivity index (χ2n) is 2.28. The summed E-state index contributed by atoms with van der Waals surface area (Å²) in [5.41, 5.74) is 1.65. The minimum atomic E-state index is -1.35. The smallest absolute Gasteiger partial charge is 0.412 e. The van der Waals surface area contributed by atoms with Gasteiger partial charge in [-0.2, -0.15) is 0 Å². The van der Waals surface area contributed by atoms with E-state index < -0.39 is 6.29 Å². The summed E-state index contributed by atoms with van der Waals surface area (Å²) in [5, 5.41) is 17.3. The predicted molar refractivity (Wildman–Crippen MR) is 45.6 cm³/mol. The molecule has 1 aromatic rings. The fraction of sp³-hybridized carbons (Fsp3) is 0.250. The predicted octanol–water partition coefficient (Wildman–Crippen LogP) is -0.679. The molecule has 0 aliphatic heterocycles. The standard InChI is InChI=1S/C8H10O2.2H2O.3Ti/c1-6-2-4-7(5-3-6)8(9)10;;;;;/h2-5,8-10H,1H3;2*1H2;;;/q;;;;2*+3. The molecule has 0 heterocycles. The maximum atomic E-state index is 8.67. The van der Waals surface area contributed by atoms with Crippen molar-refractivity contribution in [2.75, 3.05) is 0 Å². The van der Waals surface area contributed by atoms with Crippen molar-refractivity contribution in [2.45, 2.75) is 13.2 Å². The molecule has 1 rings (SSSR count). The van der Waals surface area contributed by atoms with Crippen LogP contribution in [0.1, 0.15) is 17.4 Å². The van der Waals surface area contributed by atoms with Gasteiger partial charge in [-0.1, -0.05) is 29.8 Å². The van der Waals surface area contributed by atoms with Gasteiger partial charge in [0, 0.05) is 27.3 Å². The van der Waals surface area contributed by atoms with Crippen LogP contribution in [0.4, 0.5) is 0 Å². The van der Waals surface area contributed by atoms with E-state index >= 15 is 0 Å². The largest absolute Gasteiger partial charge is 3.00 e. The van der Waals surface area contributed by atoms with E-state index in [0.717, 1.165) is 5.56 Å². The fourth-order valence-electron chi connectivity index (χ4n) is 0.739. The SMILES string of the molecule is Cc1ccc(C(O)O)cc1.O.O.[Ti+3].[Ti+3].[Ti].